The van der Waals surface area contributed by atoms with E-state index in [2.05, 4.69) is 15.5 Å². The highest BCUT2D eigenvalue weighted by molar-refractivity contribution is 6.18. The second kappa shape index (κ2) is 5.53. The van der Waals surface area contributed by atoms with Crippen molar-refractivity contribution in [3.8, 4) is 0 Å². The summed E-state index contributed by atoms with van der Waals surface area (Å²) in [4.78, 5) is 0. The van der Waals surface area contributed by atoms with E-state index in [4.69, 9.17) is 11.6 Å². The molecule has 1 N–H and O–H groups in total. The van der Waals surface area contributed by atoms with Crippen molar-refractivity contribution in [2.45, 2.75) is 26.1 Å². The molecule has 0 aliphatic rings. The van der Waals surface area contributed by atoms with Gasteiger partial charge in [0.25, 0.3) is 0 Å². The van der Waals surface area contributed by atoms with Gasteiger partial charge in [-0.1, -0.05) is 6.92 Å². The van der Waals surface area contributed by atoms with Gasteiger partial charge in [0.1, 0.15) is 5.82 Å². The summed E-state index contributed by atoms with van der Waals surface area (Å²) >= 11 is 5.67. The van der Waals surface area contributed by atoms with Gasteiger partial charge in [-0.3, -0.25) is 0 Å². The highest BCUT2D eigenvalue weighted by atomic mass is 35.5. The minimum atomic E-state index is -4.46. The maximum Gasteiger partial charge on any atom is 0.435 e. The molecule has 1 aromatic heterocycles. The zero-order valence-corrected chi connectivity index (χ0v) is 10.2. The highest BCUT2D eigenvalue weighted by Gasteiger charge is 2.32. The lowest BCUT2D eigenvalue weighted by Gasteiger charge is -2.19. The van der Waals surface area contributed by atoms with Crippen molar-refractivity contribution in [3.63, 3.8) is 0 Å². The van der Waals surface area contributed by atoms with Gasteiger partial charge < -0.3 is 5.32 Å². The van der Waals surface area contributed by atoms with Crippen LogP contribution in [0.2, 0.25) is 0 Å². The van der Waals surface area contributed by atoms with Gasteiger partial charge in [0, 0.05) is 11.9 Å². The summed E-state index contributed by atoms with van der Waals surface area (Å²) in [5.41, 5.74) is -0.999. The molecule has 0 bridgehead atoms. The number of rotatable bonds is 4. The van der Waals surface area contributed by atoms with Crippen molar-refractivity contribution in [3.05, 3.63) is 17.8 Å². The molecule has 96 valence electrons. The first-order valence-electron chi connectivity index (χ1n) is 5.08. The maximum atomic E-state index is 12.2. The van der Waals surface area contributed by atoms with Crippen LogP contribution in [0.4, 0.5) is 19.0 Å². The molecule has 0 aromatic carbocycles. The van der Waals surface area contributed by atoms with E-state index >= 15 is 0 Å². The number of anilines is 1. The summed E-state index contributed by atoms with van der Waals surface area (Å²) < 4.78 is 36.7. The standard InChI is InChI=1S/C10H13ClF3N3/c1-6(5-11)7(2)15-9-4-3-8(16-17-9)10(12,13)14/h3-4,6-7H,5H2,1-2H3,(H,15,17). The van der Waals surface area contributed by atoms with Gasteiger partial charge in [-0.05, 0) is 25.0 Å². The van der Waals surface area contributed by atoms with E-state index in [1.54, 1.807) is 0 Å². The zero-order chi connectivity index (χ0) is 13.1. The van der Waals surface area contributed by atoms with Crippen LogP contribution in [0.3, 0.4) is 0 Å². The second-order valence-corrected chi connectivity index (χ2v) is 4.17. The third-order valence-electron chi connectivity index (χ3n) is 2.43. The van der Waals surface area contributed by atoms with Crippen LogP contribution in [-0.2, 0) is 6.18 Å². The number of hydrogen-bond donors (Lipinski definition) is 1. The Kier molecular flexibility index (Phi) is 4.56. The number of hydrogen-bond acceptors (Lipinski definition) is 3. The summed E-state index contributed by atoms with van der Waals surface area (Å²) in [7, 11) is 0. The Labute approximate surface area is 102 Å². The molecule has 1 aromatic rings. The van der Waals surface area contributed by atoms with Gasteiger partial charge in [0.05, 0.1) is 0 Å². The first kappa shape index (κ1) is 14.0. The molecule has 17 heavy (non-hydrogen) atoms. The lowest BCUT2D eigenvalue weighted by molar-refractivity contribution is -0.141. The van der Waals surface area contributed by atoms with Crippen molar-refractivity contribution in [2.75, 3.05) is 11.2 Å². The van der Waals surface area contributed by atoms with Gasteiger partial charge >= 0.3 is 6.18 Å². The minimum absolute atomic E-state index is 0.0125. The predicted octanol–water partition coefficient (Wildman–Crippen LogP) is 3.17. The van der Waals surface area contributed by atoms with E-state index in [9.17, 15) is 13.2 Å². The highest BCUT2D eigenvalue weighted by Crippen LogP contribution is 2.27. The lowest BCUT2D eigenvalue weighted by atomic mass is 10.1. The average Bonchev–Trinajstić information content (AvgIpc) is 2.27. The minimum Gasteiger partial charge on any atom is -0.366 e. The largest absolute Gasteiger partial charge is 0.435 e. The molecular weight excluding hydrogens is 255 g/mol. The van der Waals surface area contributed by atoms with Crippen LogP contribution >= 0.6 is 11.6 Å². The molecule has 1 heterocycles. The van der Waals surface area contributed by atoms with E-state index in [0.717, 1.165) is 6.07 Å². The Morgan fingerprint density at radius 1 is 1.29 bits per heavy atom. The summed E-state index contributed by atoms with van der Waals surface area (Å²) in [6, 6.07) is 2.17. The zero-order valence-electron chi connectivity index (χ0n) is 9.42. The molecule has 0 aliphatic heterocycles. The van der Waals surface area contributed by atoms with Crippen molar-refractivity contribution < 1.29 is 13.2 Å². The molecule has 1 rings (SSSR count). The van der Waals surface area contributed by atoms with E-state index in [1.165, 1.54) is 6.07 Å². The van der Waals surface area contributed by atoms with Crippen LogP contribution in [0.25, 0.3) is 0 Å². The third-order valence-corrected chi connectivity index (χ3v) is 2.91. The molecule has 0 saturated carbocycles. The molecule has 7 heteroatoms. The number of nitrogens with zero attached hydrogens (tertiary/aromatic N) is 2. The Bertz CT molecular complexity index is 353. The summed E-state index contributed by atoms with van der Waals surface area (Å²) in [6.45, 7) is 3.81. The van der Waals surface area contributed by atoms with Crippen LogP contribution in [0.5, 0.6) is 0 Å². The van der Waals surface area contributed by atoms with Gasteiger partial charge in [0.15, 0.2) is 5.69 Å². The van der Waals surface area contributed by atoms with Crippen LogP contribution in [0.15, 0.2) is 12.1 Å². The fraction of sp³-hybridized carbons (Fsp3) is 0.600. The first-order valence-corrected chi connectivity index (χ1v) is 5.61. The van der Waals surface area contributed by atoms with Gasteiger partial charge in [-0.15, -0.1) is 21.8 Å². The fourth-order valence-corrected chi connectivity index (χ4v) is 1.34. The van der Waals surface area contributed by atoms with Crippen molar-refractivity contribution in [1.82, 2.24) is 10.2 Å². The molecule has 2 unspecified atom stereocenters. The third kappa shape index (κ3) is 4.03. The quantitative estimate of drug-likeness (QED) is 0.852. The Morgan fingerprint density at radius 2 is 1.94 bits per heavy atom. The van der Waals surface area contributed by atoms with E-state index < -0.39 is 11.9 Å². The Balaban J connectivity index is 2.69. The van der Waals surface area contributed by atoms with Crippen molar-refractivity contribution >= 4 is 17.4 Å². The molecule has 0 amide bonds. The molecule has 3 nitrogen and oxygen atoms in total. The second-order valence-electron chi connectivity index (χ2n) is 3.87. The SMILES string of the molecule is CC(CCl)C(C)Nc1ccc(C(F)(F)F)nn1. The molecule has 0 radical (unpaired) electrons. The summed E-state index contributed by atoms with van der Waals surface area (Å²) in [5, 5.41) is 9.54. The predicted molar refractivity (Wildman–Crippen MR) is 60.0 cm³/mol. The van der Waals surface area contributed by atoms with E-state index in [1.807, 2.05) is 13.8 Å². The van der Waals surface area contributed by atoms with Crippen molar-refractivity contribution in [2.24, 2.45) is 5.92 Å². The van der Waals surface area contributed by atoms with Gasteiger partial charge in [-0.2, -0.15) is 13.2 Å². The van der Waals surface area contributed by atoms with Crippen LogP contribution in [-0.4, -0.2) is 22.1 Å². The van der Waals surface area contributed by atoms with E-state index in [0.29, 0.717) is 11.7 Å². The maximum absolute atomic E-state index is 12.2. The first-order chi connectivity index (χ1) is 7.84. The molecule has 0 spiro atoms. The molecule has 0 aliphatic carbocycles. The summed E-state index contributed by atoms with van der Waals surface area (Å²) in [5.74, 6) is 0.950. The normalized spacial score (nSPS) is 15.4. The van der Waals surface area contributed by atoms with E-state index in [-0.39, 0.29) is 12.0 Å². The number of nitrogens with one attached hydrogen (secondary N) is 1. The van der Waals surface area contributed by atoms with Gasteiger partial charge in [-0.25, -0.2) is 0 Å². The molecule has 2 atom stereocenters. The van der Waals surface area contributed by atoms with Crippen LogP contribution < -0.4 is 5.32 Å². The van der Waals surface area contributed by atoms with Crippen LogP contribution in [0, 0.1) is 5.92 Å². The Hall–Kier alpha value is -1.04. The van der Waals surface area contributed by atoms with Crippen LogP contribution in [0.1, 0.15) is 19.5 Å². The lowest BCUT2D eigenvalue weighted by Crippen LogP contribution is -2.25. The number of aromatic nitrogens is 2. The fourth-order valence-electron chi connectivity index (χ4n) is 1.07. The molecule has 0 fully saturated rings. The Morgan fingerprint density at radius 3 is 2.35 bits per heavy atom. The van der Waals surface area contributed by atoms with Gasteiger partial charge in [0.2, 0.25) is 0 Å². The molecule has 0 saturated heterocycles. The topological polar surface area (TPSA) is 37.8 Å². The monoisotopic (exact) mass is 267 g/mol. The number of halogens is 4. The molecular formula is C10H13ClF3N3. The average molecular weight is 268 g/mol. The number of alkyl halides is 4. The summed E-state index contributed by atoms with van der Waals surface area (Å²) in [6.07, 6.45) is -4.46. The van der Waals surface area contributed by atoms with Crippen molar-refractivity contribution in [1.29, 1.82) is 0 Å². The smallest absolute Gasteiger partial charge is 0.366 e.